The van der Waals surface area contributed by atoms with E-state index in [0.717, 1.165) is 65.2 Å². The van der Waals surface area contributed by atoms with Crippen LogP contribution in [0.2, 0.25) is 0 Å². The Morgan fingerprint density at radius 1 is 1.19 bits per heavy atom. The Kier molecular flexibility index (Phi) is 7.15. The lowest BCUT2D eigenvalue weighted by Gasteiger charge is -2.11. The number of anilines is 3. The van der Waals surface area contributed by atoms with Gasteiger partial charge in [-0.15, -0.1) is 34.0 Å². The summed E-state index contributed by atoms with van der Waals surface area (Å²) in [6.45, 7) is 2.02. The van der Waals surface area contributed by atoms with Crippen LogP contribution in [0.25, 0.3) is 20.7 Å². The third-order valence-electron chi connectivity index (χ3n) is 6.37. The Bertz CT molecular complexity index is 1550. The van der Waals surface area contributed by atoms with Crippen LogP contribution in [0, 0.1) is 11.3 Å². The number of carbonyl (C=O) groups excluding carboxylic acids is 2. The maximum absolute atomic E-state index is 13.6. The number of thiophene rings is 3. The fourth-order valence-electron chi connectivity index (χ4n) is 4.71. The molecule has 0 spiro atoms. The molecule has 0 atom stereocenters. The zero-order valence-corrected chi connectivity index (χ0v) is 22.6. The van der Waals surface area contributed by atoms with Gasteiger partial charge in [0.15, 0.2) is 0 Å². The highest BCUT2D eigenvalue weighted by molar-refractivity contribution is 7.22. The van der Waals surface area contributed by atoms with Gasteiger partial charge in [0, 0.05) is 20.7 Å². The zero-order valence-electron chi connectivity index (χ0n) is 20.2. The van der Waals surface area contributed by atoms with Gasteiger partial charge in [-0.3, -0.25) is 4.79 Å². The van der Waals surface area contributed by atoms with Crippen LogP contribution in [0.3, 0.4) is 0 Å². The van der Waals surface area contributed by atoms with E-state index >= 15 is 0 Å². The number of esters is 1. The molecule has 0 saturated carbocycles. The summed E-state index contributed by atoms with van der Waals surface area (Å²) in [6.07, 6.45) is 5.96. The molecule has 4 heterocycles. The van der Waals surface area contributed by atoms with Crippen molar-refractivity contribution in [1.82, 2.24) is 4.98 Å². The third kappa shape index (κ3) is 4.56. The number of carbonyl (C=O) groups is 2. The number of amides is 1. The average molecular weight is 552 g/mol. The van der Waals surface area contributed by atoms with Crippen LogP contribution < -0.4 is 16.8 Å². The lowest BCUT2D eigenvalue weighted by Crippen LogP contribution is -2.15. The number of nitriles is 1. The summed E-state index contributed by atoms with van der Waals surface area (Å²) >= 11 is 4.01. The number of aromatic nitrogens is 1. The van der Waals surface area contributed by atoms with Gasteiger partial charge in [-0.25, -0.2) is 9.78 Å². The molecule has 11 heteroatoms. The monoisotopic (exact) mass is 551 g/mol. The SMILES string of the molecule is CCOC(=O)c1c(NC(=O)c2sc3nc(N)c(C#N)c(-c4cccs4)c3c2N)sc2c1CCCCCC2. The first-order valence-corrected chi connectivity index (χ1v) is 14.5. The Morgan fingerprint density at radius 3 is 2.68 bits per heavy atom. The van der Waals surface area contributed by atoms with Crippen molar-refractivity contribution in [3.8, 4) is 16.5 Å². The number of ether oxygens (including phenoxy) is 1. The number of hydrogen-bond donors (Lipinski definition) is 3. The Hall–Kier alpha value is -3.46. The highest BCUT2D eigenvalue weighted by Gasteiger charge is 2.29. The second kappa shape index (κ2) is 10.5. The summed E-state index contributed by atoms with van der Waals surface area (Å²) in [5, 5.41) is 15.6. The molecule has 190 valence electrons. The molecule has 4 aromatic rings. The molecule has 5 rings (SSSR count). The number of pyridine rings is 1. The van der Waals surface area contributed by atoms with E-state index < -0.39 is 11.9 Å². The molecule has 0 saturated heterocycles. The Labute approximate surface area is 225 Å². The highest BCUT2D eigenvalue weighted by Crippen LogP contribution is 2.44. The number of nitrogens with two attached hydrogens (primary N) is 2. The van der Waals surface area contributed by atoms with Gasteiger partial charge < -0.3 is 21.5 Å². The van der Waals surface area contributed by atoms with Crippen LogP contribution in [0.5, 0.6) is 0 Å². The molecule has 1 amide bonds. The van der Waals surface area contributed by atoms with Crippen LogP contribution in [-0.2, 0) is 17.6 Å². The fourth-order valence-corrected chi connectivity index (χ4v) is 7.77. The first-order chi connectivity index (χ1) is 17.9. The van der Waals surface area contributed by atoms with E-state index in [1.165, 1.54) is 22.7 Å². The van der Waals surface area contributed by atoms with Crippen LogP contribution >= 0.6 is 34.0 Å². The zero-order chi connectivity index (χ0) is 26.1. The van der Waals surface area contributed by atoms with Crippen molar-refractivity contribution in [2.45, 2.75) is 45.4 Å². The van der Waals surface area contributed by atoms with Crippen molar-refractivity contribution < 1.29 is 14.3 Å². The topological polar surface area (TPSA) is 144 Å². The van der Waals surface area contributed by atoms with Gasteiger partial charge in [0.25, 0.3) is 5.91 Å². The molecule has 8 nitrogen and oxygen atoms in total. The first-order valence-electron chi connectivity index (χ1n) is 12.0. The van der Waals surface area contributed by atoms with Gasteiger partial charge in [0.2, 0.25) is 0 Å². The largest absolute Gasteiger partial charge is 0.462 e. The molecule has 0 aromatic carbocycles. The molecular weight excluding hydrogens is 527 g/mol. The number of nitrogen functional groups attached to an aromatic ring is 2. The van der Waals surface area contributed by atoms with E-state index in [1.54, 1.807) is 6.92 Å². The lowest BCUT2D eigenvalue weighted by atomic mass is 9.96. The maximum Gasteiger partial charge on any atom is 0.341 e. The number of fused-ring (bicyclic) bond motifs is 2. The molecule has 0 fully saturated rings. The molecule has 5 N–H and O–H groups in total. The summed E-state index contributed by atoms with van der Waals surface area (Å²) in [5.74, 6) is -0.767. The van der Waals surface area contributed by atoms with E-state index in [4.69, 9.17) is 16.2 Å². The fraction of sp³-hybridized carbons (Fsp3) is 0.308. The predicted octanol–water partition coefficient (Wildman–Crippen LogP) is 6.21. The molecule has 0 aliphatic heterocycles. The van der Waals surface area contributed by atoms with Crippen LogP contribution in [-0.4, -0.2) is 23.5 Å². The van der Waals surface area contributed by atoms with Crippen molar-refractivity contribution in [2.75, 3.05) is 23.4 Å². The number of aryl methyl sites for hydroxylation is 1. The number of rotatable bonds is 5. The Morgan fingerprint density at radius 2 is 1.97 bits per heavy atom. The molecule has 0 bridgehead atoms. The van der Waals surface area contributed by atoms with E-state index in [0.29, 0.717) is 26.3 Å². The minimum atomic E-state index is -0.436. The maximum atomic E-state index is 13.6. The molecule has 1 aliphatic rings. The van der Waals surface area contributed by atoms with Crippen molar-refractivity contribution in [1.29, 1.82) is 5.26 Å². The van der Waals surface area contributed by atoms with Crippen LogP contribution in [0.4, 0.5) is 16.5 Å². The molecular formula is C26H25N5O3S3. The van der Waals surface area contributed by atoms with Gasteiger partial charge in [-0.05, 0) is 49.6 Å². The molecule has 37 heavy (non-hydrogen) atoms. The minimum absolute atomic E-state index is 0.0919. The minimum Gasteiger partial charge on any atom is -0.462 e. The normalized spacial score (nSPS) is 13.4. The van der Waals surface area contributed by atoms with Crippen molar-refractivity contribution in [3.05, 3.63) is 44.0 Å². The van der Waals surface area contributed by atoms with E-state index in [9.17, 15) is 14.9 Å². The van der Waals surface area contributed by atoms with Crippen molar-refractivity contribution >= 4 is 72.6 Å². The lowest BCUT2D eigenvalue weighted by molar-refractivity contribution is 0.0526. The van der Waals surface area contributed by atoms with Gasteiger partial charge in [-0.2, -0.15) is 5.26 Å². The summed E-state index contributed by atoms with van der Waals surface area (Å²) in [6, 6.07) is 5.89. The first kappa shape index (κ1) is 25.2. The second-order valence-corrected chi connectivity index (χ2v) is 11.7. The molecule has 0 unspecified atom stereocenters. The smallest absolute Gasteiger partial charge is 0.341 e. The van der Waals surface area contributed by atoms with Gasteiger partial charge in [-0.1, -0.05) is 18.9 Å². The van der Waals surface area contributed by atoms with E-state index in [2.05, 4.69) is 16.4 Å². The van der Waals surface area contributed by atoms with Crippen LogP contribution in [0.15, 0.2) is 17.5 Å². The number of nitrogens with one attached hydrogen (secondary N) is 1. The van der Waals surface area contributed by atoms with Crippen LogP contribution in [0.1, 0.15) is 68.6 Å². The highest BCUT2D eigenvalue weighted by atomic mass is 32.1. The van der Waals surface area contributed by atoms with Crippen molar-refractivity contribution in [2.24, 2.45) is 0 Å². The summed E-state index contributed by atoms with van der Waals surface area (Å²) in [7, 11) is 0. The molecule has 0 radical (unpaired) electrons. The number of nitrogens with zero attached hydrogens (tertiary/aromatic N) is 2. The quantitative estimate of drug-likeness (QED) is 0.250. The van der Waals surface area contributed by atoms with E-state index in [1.807, 2.05) is 17.5 Å². The summed E-state index contributed by atoms with van der Waals surface area (Å²) in [5.41, 5.74) is 15.1. The van der Waals surface area contributed by atoms with Gasteiger partial charge >= 0.3 is 5.97 Å². The molecule has 1 aliphatic carbocycles. The Balaban J connectivity index is 1.60. The average Bonchev–Trinajstić information content (AvgIpc) is 3.57. The second-order valence-electron chi connectivity index (χ2n) is 8.66. The predicted molar refractivity (Wildman–Crippen MR) is 151 cm³/mol. The summed E-state index contributed by atoms with van der Waals surface area (Å²) < 4.78 is 5.36. The van der Waals surface area contributed by atoms with E-state index in [-0.39, 0.29) is 28.6 Å². The van der Waals surface area contributed by atoms with Crippen molar-refractivity contribution in [3.63, 3.8) is 0 Å². The summed E-state index contributed by atoms with van der Waals surface area (Å²) in [4.78, 5) is 33.6. The standard InChI is InChI=1S/C26H25N5O3S3/c1-2-34-26(33)18-13-8-5-3-4-6-9-15(13)36-24(18)31-23(32)21-20(28)19-17(16-10-7-11-35-16)14(12-27)22(29)30-25(19)37-21/h7,10-11H,2-6,8-9,28H2,1H3,(H2,29,30)(H,31,32). The third-order valence-corrected chi connectivity index (χ3v) is 9.56. The molecule has 4 aromatic heterocycles. The number of hydrogen-bond acceptors (Lipinski definition) is 10. The van der Waals surface area contributed by atoms with Gasteiger partial charge in [0.1, 0.15) is 32.2 Å². The van der Waals surface area contributed by atoms with Gasteiger partial charge in [0.05, 0.1) is 17.9 Å².